The largest absolute Gasteiger partial charge is 0.331 e. The molecule has 0 amide bonds. The summed E-state index contributed by atoms with van der Waals surface area (Å²) in [6.07, 6.45) is 6.65. The van der Waals surface area contributed by atoms with Gasteiger partial charge in [0.2, 0.25) is 0 Å². The highest BCUT2D eigenvalue weighted by Gasteiger charge is 2.20. The molecular weight excluding hydrogens is 230 g/mol. The average Bonchev–Trinajstić information content (AvgIpc) is 2.86. The second-order valence-corrected chi connectivity index (χ2v) is 6.10. The van der Waals surface area contributed by atoms with Gasteiger partial charge in [-0.25, -0.2) is 4.98 Å². The van der Waals surface area contributed by atoms with Crippen molar-refractivity contribution in [3.05, 3.63) is 18.2 Å². The molecule has 2 atom stereocenters. The first-order valence-electron chi connectivity index (χ1n) is 6.63. The molecular formula is C13H23N3S. The summed E-state index contributed by atoms with van der Waals surface area (Å²) in [5.41, 5.74) is 1.42. The Balaban J connectivity index is 2.04. The SMILES string of the molecule is CCSCC(C)n1cncc1C1CCCNC1. The summed E-state index contributed by atoms with van der Waals surface area (Å²) in [6.45, 7) is 6.80. The van der Waals surface area contributed by atoms with E-state index in [0.29, 0.717) is 12.0 Å². The molecule has 1 N–H and O–H groups in total. The molecule has 1 saturated heterocycles. The van der Waals surface area contributed by atoms with Crippen molar-refractivity contribution >= 4 is 11.8 Å². The molecule has 0 aromatic carbocycles. The molecule has 2 heterocycles. The Labute approximate surface area is 108 Å². The normalized spacial score (nSPS) is 22.6. The number of thioether (sulfide) groups is 1. The van der Waals surface area contributed by atoms with E-state index in [1.165, 1.54) is 36.6 Å². The van der Waals surface area contributed by atoms with Gasteiger partial charge in [0.15, 0.2) is 0 Å². The van der Waals surface area contributed by atoms with Crippen LogP contribution in [0.5, 0.6) is 0 Å². The molecule has 2 rings (SSSR count). The second kappa shape index (κ2) is 6.45. The lowest BCUT2D eigenvalue weighted by Gasteiger charge is -2.26. The van der Waals surface area contributed by atoms with E-state index in [-0.39, 0.29) is 0 Å². The zero-order valence-electron chi connectivity index (χ0n) is 10.9. The second-order valence-electron chi connectivity index (χ2n) is 4.78. The lowest BCUT2D eigenvalue weighted by Crippen LogP contribution is -2.30. The molecule has 0 bridgehead atoms. The van der Waals surface area contributed by atoms with Crippen LogP contribution in [0, 0.1) is 0 Å². The summed E-state index contributed by atoms with van der Waals surface area (Å²) in [6, 6.07) is 0.555. The number of aromatic nitrogens is 2. The monoisotopic (exact) mass is 253 g/mol. The van der Waals surface area contributed by atoms with Gasteiger partial charge in [0.25, 0.3) is 0 Å². The van der Waals surface area contributed by atoms with Crippen LogP contribution in [0.3, 0.4) is 0 Å². The Bertz CT molecular complexity index is 331. The maximum absolute atomic E-state index is 4.35. The van der Waals surface area contributed by atoms with Crippen molar-refractivity contribution in [1.29, 1.82) is 0 Å². The average molecular weight is 253 g/mol. The third kappa shape index (κ3) is 3.26. The van der Waals surface area contributed by atoms with Gasteiger partial charge in [-0.15, -0.1) is 0 Å². The molecule has 1 aromatic heterocycles. The van der Waals surface area contributed by atoms with Crippen LogP contribution in [-0.2, 0) is 0 Å². The highest BCUT2D eigenvalue weighted by atomic mass is 32.2. The number of rotatable bonds is 5. The fourth-order valence-electron chi connectivity index (χ4n) is 2.47. The minimum absolute atomic E-state index is 0.555. The Morgan fingerprint density at radius 2 is 2.53 bits per heavy atom. The van der Waals surface area contributed by atoms with Gasteiger partial charge in [-0.2, -0.15) is 11.8 Å². The van der Waals surface area contributed by atoms with E-state index in [2.05, 4.69) is 34.9 Å². The third-order valence-electron chi connectivity index (χ3n) is 3.45. The third-order valence-corrected chi connectivity index (χ3v) is 4.58. The van der Waals surface area contributed by atoms with Crippen molar-refractivity contribution < 1.29 is 0 Å². The number of imidazole rings is 1. The number of hydrogen-bond donors (Lipinski definition) is 1. The zero-order valence-corrected chi connectivity index (χ0v) is 11.7. The van der Waals surface area contributed by atoms with Crippen LogP contribution in [0.2, 0.25) is 0 Å². The molecule has 0 saturated carbocycles. The van der Waals surface area contributed by atoms with Crippen LogP contribution in [0.15, 0.2) is 12.5 Å². The van der Waals surface area contributed by atoms with Gasteiger partial charge in [0, 0.05) is 36.1 Å². The van der Waals surface area contributed by atoms with E-state index in [1.807, 2.05) is 18.1 Å². The van der Waals surface area contributed by atoms with Crippen molar-refractivity contribution in [3.63, 3.8) is 0 Å². The number of nitrogens with zero attached hydrogens (tertiary/aromatic N) is 2. The van der Waals surface area contributed by atoms with E-state index in [1.54, 1.807) is 0 Å². The van der Waals surface area contributed by atoms with E-state index in [9.17, 15) is 0 Å². The first-order valence-corrected chi connectivity index (χ1v) is 7.78. The minimum Gasteiger partial charge on any atom is -0.331 e. The van der Waals surface area contributed by atoms with Crippen molar-refractivity contribution in [2.24, 2.45) is 0 Å². The van der Waals surface area contributed by atoms with Gasteiger partial charge < -0.3 is 9.88 Å². The van der Waals surface area contributed by atoms with Gasteiger partial charge in [-0.3, -0.25) is 0 Å². The zero-order chi connectivity index (χ0) is 12.1. The van der Waals surface area contributed by atoms with E-state index in [4.69, 9.17) is 0 Å². The van der Waals surface area contributed by atoms with Crippen LogP contribution in [0.4, 0.5) is 0 Å². The number of piperidine rings is 1. The van der Waals surface area contributed by atoms with Crippen LogP contribution < -0.4 is 5.32 Å². The quantitative estimate of drug-likeness (QED) is 0.875. The first-order chi connectivity index (χ1) is 8.33. The Morgan fingerprint density at radius 3 is 3.24 bits per heavy atom. The highest BCUT2D eigenvalue weighted by molar-refractivity contribution is 7.99. The highest BCUT2D eigenvalue weighted by Crippen LogP contribution is 2.26. The molecule has 0 aliphatic carbocycles. The molecule has 4 heteroatoms. The number of nitrogens with one attached hydrogen (secondary N) is 1. The Morgan fingerprint density at radius 1 is 1.65 bits per heavy atom. The Kier molecular flexibility index (Phi) is 4.92. The summed E-state index contributed by atoms with van der Waals surface area (Å²) in [7, 11) is 0. The summed E-state index contributed by atoms with van der Waals surface area (Å²) in [5, 5.41) is 3.49. The van der Waals surface area contributed by atoms with Gasteiger partial charge in [0.05, 0.1) is 6.33 Å². The number of hydrogen-bond acceptors (Lipinski definition) is 3. The summed E-state index contributed by atoms with van der Waals surface area (Å²) in [5.74, 6) is 3.03. The molecule has 96 valence electrons. The lowest BCUT2D eigenvalue weighted by molar-refractivity contribution is 0.432. The predicted molar refractivity (Wildman–Crippen MR) is 74.8 cm³/mol. The van der Waals surface area contributed by atoms with Crippen molar-refractivity contribution in [3.8, 4) is 0 Å². The standard InChI is InChI=1S/C13H23N3S/c1-3-17-9-11(2)16-10-15-8-13(16)12-5-4-6-14-7-12/h8,10-12,14H,3-7,9H2,1-2H3. The van der Waals surface area contributed by atoms with E-state index >= 15 is 0 Å². The lowest BCUT2D eigenvalue weighted by atomic mass is 9.96. The topological polar surface area (TPSA) is 29.9 Å². The van der Waals surface area contributed by atoms with Crippen molar-refractivity contribution in [2.75, 3.05) is 24.6 Å². The summed E-state index contributed by atoms with van der Waals surface area (Å²) in [4.78, 5) is 4.35. The molecule has 17 heavy (non-hydrogen) atoms. The maximum Gasteiger partial charge on any atom is 0.0951 e. The van der Waals surface area contributed by atoms with Crippen molar-refractivity contribution in [2.45, 2.75) is 38.6 Å². The molecule has 1 aliphatic rings. The van der Waals surface area contributed by atoms with Crippen LogP contribution in [-0.4, -0.2) is 34.1 Å². The Hall–Kier alpha value is -0.480. The molecule has 2 unspecified atom stereocenters. The van der Waals surface area contributed by atoms with Gasteiger partial charge in [0.1, 0.15) is 0 Å². The van der Waals surface area contributed by atoms with Crippen LogP contribution in [0.25, 0.3) is 0 Å². The maximum atomic E-state index is 4.35. The van der Waals surface area contributed by atoms with Crippen LogP contribution >= 0.6 is 11.8 Å². The van der Waals surface area contributed by atoms with Gasteiger partial charge in [-0.1, -0.05) is 6.92 Å². The van der Waals surface area contributed by atoms with Gasteiger partial charge >= 0.3 is 0 Å². The van der Waals surface area contributed by atoms with E-state index < -0.39 is 0 Å². The molecule has 1 fully saturated rings. The molecule has 1 aliphatic heterocycles. The fraction of sp³-hybridized carbons (Fsp3) is 0.769. The fourth-order valence-corrected chi connectivity index (χ4v) is 3.21. The summed E-state index contributed by atoms with van der Waals surface area (Å²) < 4.78 is 2.38. The molecule has 3 nitrogen and oxygen atoms in total. The summed E-state index contributed by atoms with van der Waals surface area (Å²) >= 11 is 2.01. The van der Waals surface area contributed by atoms with Crippen molar-refractivity contribution in [1.82, 2.24) is 14.9 Å². The smallest absolute Gasteiger partial charge is 0.0951 e. The molecule has 0 radical (unpaired) electrons. The first kappa shape index (κ1) is 13.0. The van der Waals surface area contributed by atoms with E-state index in [0.717, 1.165) is 6.54 Å². The molecule has 1 aromatic rings. The minimum atomic E-state index is 0.555. The predicted octanol–water partition coefficient (Wildman–Crippen LogP) is 2.66. The van der Waals surface area contributed by atoms with Gasteiger partial charge in [-0.05, 0) is 32.1 Å². The molecule has 0 spiro atoms. The van der Waals surface area contributed by atoms with Crippen LogP contribution in [0.1, 0.15) is 44.3 Å².